The average molecular weight is 260 g/mol. The first-order chi connectivity index (χ1) is 9.00. The molecule has 1 aliphatic rings. The van der Waals surface area contributed by atoms with E-state index in [2.05, 4.69) is 44.4 Å². The Hall–Kier alpha value is -1.35. The highest BCUT2D eigenvalue weighted by Gasteiger charge is 2.22. The quantitative estimate of drug-likeness (QED) is 0.858. The number of piperidine rings is 1. The van der Waals surface area contributed by atoms with Gasteiger partial charge in [0.25, 0.3) is 0 Å². The van der Waals surface area contributed by atoms with E-state index in [0.29, 0.717) is 0 Å². The Morgan fingerprint density at radius 1 is 1.21 bits per heavy atom. The minimum absolute atomic E-state index is 0.105. The summed E-state index contributed by atoms with van der Waals surface area (Å²) in [5, 5.41) is 6.44. The van der Waals surface area contributed by atoms with E-state index in [1.807, 2.05) is 0 Å². The summed E-state index contributed by atoms with van der Waals surface area (Å²) < 4.78 is 0. The number of hydrogen-bond donors (Lipinski definition) is 2. The first kappa shape index (κ1) is 14.1. The molecule has 104 valence electrons. The molecule has 1 heterocycles. The molecule has 1 fully saturated rings. The van der Waals surface area contributed by atoms with Crippen molar-refractivity contribution in [2.24, 2.45) is 5.92 Å². The first-order valence-electron chi connectivity index (χ1n) is 7.09. The number of carbonyl (C=O) groups is 1. The van der Waals surface area contributed by atoms with E-state index in [9.17, 15) is 4.79 Å². The fraction of sp³-hybridized carbons (Fsp3) is 0.562. The highest BCUT2D eigenvalue weighted by molar-refractivity contribution is 5.94. The van der Waals surface area contributed by atoms with Crippen molar-refractivity contribution in [2.75, 3.05) is 18.4 Å². The predicted octanol–water partition coefficient (Wildman–Crippen LogP) is 2.86. The number of aryl methyl sites for hydroxylation is 2. The van der Waals surface area contributed by atoms with Crippen LogP contribution in [0, 0.1) is 33.6 Å². The molecule has 3 nitrogen and oxygen atoms in total. The van der Waals surface area contributed by atoms with E-state index in [-0.39, 0.29) is 11.8 Å². The Labute approximate surface area is 115 Å². The molecular formula is C16H24N2O. The lowest BCUT2D eigenvalue weighted by molar-refractivity contribution is -0.120. The minimum Gasteiger partial charge on any atom is -0.325 e. The molecule has 19 heavy (non-hydrogen) atoms. The summed E-state index contributed by atoms with van der Waals surface area (Å²) in [4.78, 5) is 12.3. The highest BCUT2D eigenvalue weighted by atomic mass is 16.1. The van der Waals surface area contributed by atoms with Gasteiger partial charge in [-0.15, -0.1) is 0 Å². The molecular weight excluding hydrogens is 236 g/mol. The fourth-order valence-electron chi connectivity index (χ4n) is 2.71. The van der Waals surface area contributed by atoms with Crippen molar-refractivity contribution in [3.63, 3.8) is 0 Å². The summed E-state index contributed by atoms with van der Waals surface area (Å²) >= 11 is 0. The van der Waals surface area contributed by atoms with E-state index in [1.165, 1.54) is 22.3 Å². The van der Waals surface area contributed by atoms with Gasteiger partial charge in [-0.3, -0.25) is 4.79 Å². The topological polar surface area (TPSA) is 41.1 Å². The molecule has 2 N–H and O–H groups in total. The zero-order valence-corrected chi connectivity index (χ0v) is 12.4. The van der Waals surface area contributed by atoms with E-state index >= 15 is 0 Å². The van der Waals surface area contributed by atoms with Crippen molar-refractivity contribution in [2.45, 2.75) is 40.5 Å². The van der Waals surface area contributed by atoms with Gasteiger partial charge in [-0.1, -0.05) is 6.07 Å². The van der Waals surface area contributed by atoms with Crippen molar-refractivity contribution in [3.05, 3.63) is 28.3 Å². The Bertz CT molecular complexity index is 462. The summed E-state index contributed by atoms with van der Waals surface area (Å²) in [5.41, 5.74) is 5.84. The number of hydrogen-bond acceptors (Lipinski definition) is 2. The molecule has 1 unspecified atom stereocenters. The van der Waals surface area contributed by atoms with E-state index in [0.717, 1.165) is 31.6 Å². The van der Waals surface area contributed by atoms with Crippen LogP contribution in [0.5, 0.6) is 0 Å². The molecule has 1 saturated heterocycles. The molecule has 1 amide bonds. The van der Waals surface area contributed by atoms with E-state index in [4.69, 9.17) is 0 Å². The van der Waals surface area contributed by atoms with Crippen molar-refractivity contribution in [3.8, 4) is 0 Å². The number of anilines is 1. The lowest BCUT2D eigenvalue weighted by Crippen LogP contribution is -2.37. The van der Waals surface area contributed by atoms with Gasteiger partial charge in [-0.25, -0.2) is 0 Å². The zero-order valence-electron chi connectivity index (χ0n) is 12.4. The van der Waals surface area contributed by atoms with Crippen LogP contribution in [0.3, 0.4) is 0 Å². The van der Waals surface area contributed by atoms with Crippen LogP contribution in [0.1, 0.15) is 35.1 Å². The Balaban J connectivity index is 2.20. The molecule has 1 aromatic carbocycles. The van der Waals surface area contributed by atoms with Crippen LogP contribution >= 0.6 is 0 Å². The predicted molar refractivity (Wildman–Crippen MR) is 79.6 cm³/mol. The van der Waals surface area contributed by atoms with Crippen LogP contribution in [0.25, 0.3) is 0 Å². The molecule has 0 spiro atoms. The van der Waals surface area contributed by atoms with Crippen molar-refractivity contribution in [1.29, 1.82) is 0 Å². The standard InChI is InChI=1S/C16H24N2O/c1-10-8-11(2)13(4)15(12(10)3)18-16(19)14-6-5-7-17-9-14/h8,14,17H,5-7,9H2,1-4H3,(H,18,19). The molecule has 1 aromatic rings. The SMILES string of the molecule is Cc1cc(C)c(C)c(NC(=O)C2CCCNC2)c1C. The van der Waals surface area contributed by atoms with Crippen LogP contribution in [0.15, 0.2) is 6.07 Å². The third-order valence-corrected chi connectivity index (χ3v) is 4.28. The minimum atomic E-state index is 0.105. The third kappa shape index (κ3) is 2.98. The largest absolute Gasteiger partial charge is 0.325 e. The van der Waals surface area contributed by atoms with Gasteiger partial charge in [0.2, 0.25) is 5.91 Å². The zero-order chi connectivity index (χ0) is 14.0. The molecule has 0 radical (unpaired) electrons. The summed E-state index contributed by atoms with van der Waals surface area (Å²) in [7, 11) is 0. The van der Waals surface area contributed by atoms with Crippen LogP contribution < -0.4 is 10.6 Å². The molecule has 1 aliphatic heterocycles. The third-order valence-electron chi connectivity index (χ3n) is 4.28. The van der Waals surface area contributed by atoms with Gasteiger partial charge in [0.1, 0.15) is 0 Å². The summed E-state index contributed by atoms with van der Waals surface area (Å²) in [5.74, 6) is 0.261. The van der Waals surface area contributed by atoms with Crippen molar-refractivity contribution >= 4 is 11.6 Å². The smallest absolute Gasteiger partial charge is 0.228 e. The van der Waals surface area contributed by atoms with Crippen molar-refractivity contribution in [1.82, 2.24) is 5.32 Å². The van der Waals surface area contributed by atoms with Gasteiger partial charge >= 0.3 is 0 Å². The monoisotopic (exact) mass is 260 g/mol. The van der Waals surface area contributed by atoms with Crippen molar-refractivity contribution < 1.29 is 4.79 Å². The van der Waals surface area contributed by atoms with Gasteiger partial charge in [-0.2, -0.15) is 0 Å². The summed E-state index contributed by atoms with van der Waals surface area (Å²) in [6.45, 7) is 10.2. The summed E-state index contributed by atoms with van der Waals surface area (Å²) in [6, 6.07) is 2.18. The van der Waals surface area contributed by atoms with Gasteiger partial charge < -0.3 is 10.6 Å². The second-order valence-corrected chi connectivity index (χ2v) is 5.67. The molecule has 2 rings (SSSR count). The summed E-state index contributed by atoms with van der Waals surface area (Å²) in [6.07, 6.45) is 2.07. The maximum atomic E-state index is 12.3. The van der Waals surface area contributed by atoms with Crippen LogP contribution in [0.2, 0.25) is 0 Å². The number of nitrogens with one attached hydrogen (secondary N) is 2. The van der Waals surface area contributed by atoms with Gasteiger partial charge in [0.05, 0.1) is 5.92 Å². The van der Waals surface area contributed by atoms with Crippen LogP contribution in [-0.4, -0.2) is 19.0 Å². The van der Waals surface area contributed by atoms with Gasteiger partial charge in [-0.05, 0) is 69.3 Å². The average Bonchev–Trinajstić information content (AvgIpc) is 2.42. The lowest BCUT2D eigenvalue weighted by Gasteiger charge is -2.23. The molecule has 3 heteroatoms. The molecule has 0 saturated carbocycles. The Morgan fingerprint density at radius 2 is 1.84 bits per heavy atom. The number of amides is 1. The number of carbonyl (C=O) groups excluding carboxylic acids is 1. The second-order valence-electron chi connectivity index (χ2n) is 5.67. The molecule has 0 bridgehead atoms. The molecule has 1 atom stereocenters. The number of benzene rings is 1. The Morgan fingerprint density at radius 3 is 2.37 bits per heavy atom. The highest BCUT2D eigenvalue weighted by Crippen LogP contribution is 2.27. The lowest BCUT2D eigenvalue weighted by atomic mass is 9.96. The van der Waals surface area contributed by atoms with E-state index < -0.39 is 0 Å². The number of rotatable bonds is 2. The van der Waals surface area contributed by atoms with E-state index in [1.54, 1.807) is 0 Å². The molecule has 0 aromatic heterocycles. The fourth-order valence-corrected chi connectivity index (χ4v) is 2.71. The molecule has 0 aliphatic carbocycles. The maximum Gasteiger partial charge on any atom is 0.228 e. The van der Waals surface area contributed by atoms with Gasteiger partial charge in [0.15, 0.2) is 0 Å². The first-order valence-corrected chi connectivity index (χ1v) is 7.09. The van der Waals surface area contributed by atoms with Gasteiger partial charge in [0, 0.05) is 12.2 Å². The second kappa shape index (κ2) is 5.74. The normalized spacial score (nSPS) is 19.3. The maximum absolute atomic E-state index is 12.3. The van der Waals surface area contributed by atoms with Crippen LogP contribution in [-0.2, 0) is 4.79 Å². The Kier molecular flexibility index (Phi) is 4.25. The van der Waals surface area contributed by atoms with Crippen LogP contribution in [0.4, 0.5) is 5.69 Å².